The quantitative estimate of drug-likeness (QED) is 0.250. The normalized spacial score (nSPS) is 25.4. The SMILES string of the molecule is CN1CC[C@H](C(F)F)[C@](C)(COc2nc(N3C[C@H]4CC[C@@H](C3)N4)c3cc(Cl)c(-c4cccc5sc(N)c(C#N)c45)c(F)c3n2)C1. The molecule has 5 heterocycles. The molecule has 7 rings (SSSR count). The fourth-order valence-electron chi connectivity index (χ4n) is 7.50. The summed E-state index contributed by atoms with van der Waals surface area (Å²) in [5.41, 5.74) is 6.09. The first-order valence-electron chi connectivity index (χ1n) is 15.1. The fraction of sp³-hybridized carbons (Fsp3) is 0.469. The number of nitrogens with one attached hydrogen (secondary N) is 1. The van der Waals surface area contributed by atoms with Gasteiger partial charge in [0.2, 0.25) is 6.43 Å². The predicted octanol–water partition coefficient (Wildman–Crippen LogP) is 6.30. The van der Waals surface area contributed by atoms with E-state index in [2.05, 4.69) is 21.3 Å². The van der Waals surface area contributed by atoms with Crippen LogP contribution < -0.4 is 20.7 Å². The van der Waals surface area contributed by atoms with E-state index < -0.39 is 23.6 Å². The molecule has 2 bridgehead atoms. The van der Waals surface area contributed by atoms with Gasteiger partial charge in [-0.05, 0) is 50.6 Å². The second kappa shape index (κ2) is 11.5. The van der Waals surface area contributed by atoms with Crippen molar-refractivity contribution >= 4 is 54.7 Å². The zero-order chi connectivity index (χ0) is 31.6. The Hall–Kier alpha value is -3.37. The van der Waals surface area contributed by atoms with Crippen LogP contribution in [0.25, 0.3) is 32.1 Å². The van der Waals surface area contributed by atoms with Crippen LogP contribution in [0.1, 0.15) is 31.7 Å². The summed E-state index contributed by atoms with van der Waals surface area (Å²) in [6, 6.07) is 9.60. The molecule has 0 unspecified atom stereocenters. The molecule has 13 heteroatoms. The molecular weight excluding hydrogens is 623 g/mol. The Morgan fingerprint density at radius 1 is 1.24 bits per heavy atom. The zero-order valence-corrected chi connectivity index (χ0v) is 26.5. The summed E-state index contributed by atoms with van der Waals surface area (Å²) in [6.07, 6.45) is -0.0851. The monoisotopic (exact) mass is 655 g/mol. The molecule has 3 N–H and O–H groups in total. The lowest BCUT2D eigenvalue weighted by Crippen LogP contribution is -2.51. The van der Waals surface area contributed by atoms with Crippen LogP contribution in [0.3, 0.4) is 0 Å². The zero-order valence-electron chi connectivity index (χ0n) is 24.9. The van der Waals surface area contributed by atoms with E-state index >= 15 is 4.39 Å². The number of piperidine rings is 1. The average molecular weight is 656 g/mol. The molecule has 3 aliphatic rings. The predicted molar refractivity (Wildman–Crippen MR) is 172 cm³/mol. The van der Waals surface area contributed by atoms with Crippen LogP contribution in [0.15, 0.2) is 24.3 Å². The summed E-state index contributed by atoms with van der Waals surface area (Å²) >= 11 is 8.12. The number of likely N-dealkylation sites (tertiary alicyclic amines) is 1. The summed E-state index contributed by atoms with van der Waals surface area (Å²) in [7, 11) is 1.91. The van der Waals surface area contributed by atoms with E-state index in [0.717, 1.165) is 17.5 Å². The van der Waals surface area contributed by atoms with Crippen molar-refractivity contribution in [1.29, 1.82) is 5.26 Å². The minimum atomic E-state index is -2.49. The van der Waals surface area contributed by atoms with Gasteiger partial charge in [-0.25, -0.2) is 13.2 Å². The van der Waals surface area contributed by atoms with E-state index in [1.54, 1.807) is 25.1 Å². The van der Waals surface area contributed by atoms with Crippen LogP contribution >= 0.6 is 22.9 Å². The fourth-order valence-corrected chi connectivity index (χ4v) is 8.74. The number of hydrogen-bond donors (Lipinski definition) is 2. The molecule has 8 nitrogen and oxygen atoms in total. The lowest BCUT2D eigenvalue weighted by atomic mass is 9.73. The van der Waals surface area contributed by atoms with Crippen molar-refractivity contribution in [2.75, 3.05) is 50.5 Å². The minimum Gasteiger partial charge on any atom is -0.463 e. The molecule has 45 heavy (non-hydrogen) atoms. The Morgan fingerprint density at radius 2 is 2.00 bits per heavy atom. The lowest BCUT2D eigenvalue weighted by Gasteiger charge is -2.44. The van der Waals surface area contributed by atoms with E-state index in [-0.39, 0.29) is 46.4 Å². The lowest BCUT2D eigenvalue weighted by molar-refractivity contribution is -0.0679. The molecule has 3 fully saturated rings. The van der Waals surface area contributed by atoms with Gasteiger partial charge in [0.1, 0.15) is 22.4 Å². The van der Waals surface area contributed by atoms with Crippen molar-refractivity contribution in [2.45, 2.75) is 44.7 Å². The third-order valence-electron chi connectivity index (χ3n) is 9.67. The Bertz CT molecular complexity index is 1840. The number of alkyl halides is 2. The molecule has 3 aliphatic heterocycles. The summed E-state index contributed by atoms with van der Waals surface area (Å²) in [6.45, 7) is 4.08. The Labute approximate surface area is 267 Å². The van der Waals surface area contributed by atoms with E-state index in [1.807, 2.05) is 18.0 Å². The number of rotatable bonds is 6. The van der Waals surface area contributed by atoms with Crippen molar-refractivity contribution in [2.24, 2.45) is 11.3 Å². The highest BCUT2D eigenvalue weighted by molar-refractivity contribution is 7.23. The van der Waals surface area contributed by atoms with E-state index in [9.17, 15) is 14.0 Å². The van der Waals surface area contributed by atoms with Crippen molar-refractivity contribution in [1.82, 2.24) is 20.2 Å². The number of piperazine rings is 1. The van der Waals surface area contributed by atoms with Crippen LogP contribution in [0, 0.1) is 28.5 Å². The smallest absolute Gasteiger partial charge is 0.319 e. The standard InChI is InChI=1S/C32H33ClF3N7OS/c1-32(14-42(2)9-8-21(32)28(35)36)15-44-31-40-27-19(30(41-31)43-12-16-6-7-17(13-43)39-16)10-22(33)25(26(27)34)18-4-3-5-23-24(18)20(11-37)29(38)45-23/h3-5,10,16-17,21,28,39H,6-9,12-15,38H2,1-2H3/t16-,17+,21-,32+/m1/s1. The first kappa shape index (κ1) is 30.3. The maximum Gasteiger partial charge on any atom is 0.319 e. The van der Waals surface area contributed by atoms with Crippen LogP contribution in [0.5, 0.6) is 6.01 Å². The number of nitrogens with two attached hydrogens (primary N) is 1. The molecule has 236 valence electrons. The molecule has 0 aliphatic carbocycles. The molecule has 2 aromatic carbocycles. The van der Waals surface area contributed by atoms with Gasteiger partial charge in [0, 0.05) is 64.1 Å². The maximum atomic E-state index is 16.9. The highest BCUT2D eigenvalue weighted by Crippen LogP contribution is 2.45. The van der Waals surface area contributed by atoms with Gasteiger partial charge in [-0.2, -0.15) is 15.2 Å². The number of thiophene rings is 1. The number of nitrogens with zero attached hydrogens (tertiary/aromatic N) is 5. The highest BCUT2D eigenvalue weighted by atomic mass is 35.5. The summed E-state index contributed by atoms with van der Waals surface area (Å²) in [4.78, 5) is 13.4. The van der Waals surface area contributed by atoms with E-state index in [1.165, 1.54) is 11.3 Å². The maximum absolute atomic E-state index is 16.9. The van der Waals surface area contributed by atoms with Gasteiger partial charge in [0.25, 0.3) is 0 Å². The van der Waals surface area contributed by atoms with Crippen molar-refractivity contribution in [3.63, 3.8) is 0 Å². The van der Waals surface area contributed by atoms with Gasteiger partial charge in [-0.15, -0.1) is 11.3 Å². The molecular formula is C32H33ClF3N7OS. The number of anilines is 2. The van der Waals surface area contributed by atoms with Gasteiger partial charge < -0.3 is 25.6 Å². The van der Waals surface area contributed by atoms with Crippen LogP contribution in [-0.2, 0) is 0 Å². The molecule has 0 amide bonds. The Kier molecular flexibility index (Phi) is 7.71. The molecule has 2 aromatic heterocycles. The summed E-state index contributed by atoms with van der Waals surface area (Å²) in [5, 5.41) is 14.9. The number of benzene rings is 2. The Morgan fingerprint density at radius 3 is 2.71 bits per heavy atom. The van der Waals surface area contributed by atoms with Crippen LogP contribution in [0.4, 0.5) is 24.0 Å². The van der Waals surface area contributed by atoms with Crippen molar-refractivity contribution in [3.8, 4) is 23.2 Å². The van der Waals surface area contributed by atoms with Gasteiger partial charge in [-0.1, -0.05) is 30.7 Å². The van der Waals surface area contributed by atoms with Gasteiger partial charge >= 0.3 is 6.01 Å². The first-order valence-corrected chi connectivity index (χ1v) is 16.3. The first-order chi connectivity index (χ1) is 21.6. The summed E-state index contributed by atoms with van der Waals surface area (Å²) in [5.74, 6) is -1.04. The second-order valence-electron chi connectivity index (χ2n) is 12.9. The second-order valence-corrected chi connectivity index (χ2v) is 14.3. The third kappa shape index (κ3) is 5.23. The molecule has 3 saturated heterocycles. The van der Waals surface area contributed by atoms with Crippen molar-refractivity contribution < 1.29 is 17.9 Å². The van der Waals surface area contributed by atoms with Gasteiger partial charge in [0.15, 0.2) is 5.82 Å². The molecule has 4 aromatic rings. The van der Waals surface area contributed by atoms with Crippen LogP contribution in [-0.4, -0.2) is 73.2 Å². The van der Waals surface area contributed by atoms with Gasteiger partial charge in [0.05, 0.1) is 17.2 Å². The number of ether oxygens (including phenoxy) is 1. The topological polar surface area (TPSA) is 103 Å². The highest BCUT2D eigenvalue weighted by Gasteiger charge is 2.44. The number of hydrogen-bond acceptors (Lipinski definition) is 9. The molecule has 0 saturated carbocycles. The minimum absolute atomic E-state index is 0.00955. The summed E-state index contributed by atoms with van der Waals surface area (Å²) < 4.78 is 52.0. The number of aromatic nitrogens is 2. The van der Waals surface area contributed by atoms with Crippen molar-refractivity contribution in [3.05, 3.63) is 40.7 Å². The largest absolute Gasteiger partial charge is 0.463 e. The molecule has 0 radical (unpaired) electrons. The number of fused-ring (bicyclic) bond motifs is 4. The average Bonchev–Trinajstić information content (AvgIpc) is 3.52. The molecule has 4 atom stereocenters. The number of nitriles is 1. The number of halogens is 4. The van der Waals surface area contributed by atoms with E-state index in [4.69, 9.17) is 27.1 Å². The van der Waals surface area contributed by atoms with E-state index in [0.29, 0.717) is 59.8 Å². The third-order valence-corrected chi connectivity index (χ3v) is 10.9. The Balaban J connectivity index is 1.37. The number of nitrogen functional groups attached to an aromatic ring is 1. The van der Waals surface area contributed by atoms with Crippen LogP contribution in [0.2, 0.25) is 5.02 Å². The molecule has 0 spiro atoms. The van der Waals surface area contributed by atoms with Gasteiger partial charge in [-0.3, -0.25) is 0 Å².